The number of benzene rings is 2. The summed E-state index contributed by atoms with van der Waals surface area (Å²) in [6, 6.07) is 14.0. The van der Waals surface area contributed by atoms with Gasteiger partial charge in [0.2, 0.25) is 0 Å². The summed E-state index contributed by atoms with van der Waals surface area (Å²) in [4.78, 5) is 4.28. The van der Waals surface area contributed by atoms with E-state index in [2.05, 4.69) is 30.2 Å². The molecule has 0 aliphatic heterocycles. The SMILES string of the molecule is COc1ccc(COCCN=C(N)Nc2cc(C)cc(C)c2)cc1.I. The van der Waals surface area contributed by atoms with Crippen molar-refractivity contribution >= 4 is 35.6 Å². The minimum Gasteiger partial charge on any atom is -0.497 e. The molecule has 0 heterocycles. The summed E-state index contributed by atoms with van der Waals surface area (Å²) in [5.41, 5.74) is 10.3. The number of anilines is 1. The van der Waals surface area contributed by atoms with E-state index in [-0.39, 0.29) is 24.0 Å². The Kier molecular flexibility index (Phi) is 9.30. The monoisotopic (exact) mass is 455 g/mol. The Hall–Kier alpha value is -1.80. The number of hydrogen-bond acceptors (Lipinski definition) is 3. The Morgan fingerprint density at radius 2 is 1.72 bits per heavy atom. The van der Waals surface area contributed by atoms with Crippen LogP contribution in [0.5, 0.6) is 5.75 Å². The lowest BCUT2D eigenvalue weighted by Crippen LogP contribution is -2.23. The third-order valence-corrected chi connectivity index (χ3v) is 3.44. The summed E-state index contributed by atoms with van der Waals surface area (Å²) in [5.74, 6) is 1.24. The lowest BCUT2D eigenvalue weighted by Gasteiger charge is -2.08. The molecule has 0 saturated carbocycles. The van der Waals surface area contributed by atoms with Gasteiger partial charge in [0.15, 0.2) is 5.96 Å². The summed E-state index contributed by atoms with van der Waals surface area (Å²) in [5, 5.41) is 3.10. The lowest BCUT2D eigenvalue weighted by atomic mass is 10.1. The molecule has 6 heteroatoms. The molecular weight excluding hydrogens is 429 g/mol. The molecule has 3 N–H and O–H groups in total. The number of halogens is 1. The molecule has 0 unspecified atom stereocenters. The van der Waals surface area contributed by atoms with Gasteiger partial charge in [0.25, 0.3) is 0 Å². The van der Waals surface area contributed by atoms with Crippen LogP contribution in [0, 0.1) is 13.8 Å². The summed E-state index contributed by atoms with van der Waals surface area (Å²) in [6.07, 6.45) is 0. The van der Waals surface area contributed by atoms with Crippen LogP contribution in [0.1, 0.15) is 16.7 Å². The largest absolute Gasteiger partial charge is 0.497 e. The van der Waals surface area contributed by atoms with Gasteiger partial charge in [0.05, 0.1) is 26.9 Å². The molecule has 2 aromatic carbocycles. The van der Waals surface area contributed by atoms with E-state index in [1.165, 1.54) is 11.1 Å². The van der Waals surface area contributed by atoms with Crippen LogP contribution in [0.4, 0.5) is 5.69 Å². The van der Waals surface area contributed by atoms with Crippen molar-refractivity contribution < 1.29 is 9.47 Å². The second-order valence-corrected chi connectivity index (χ2v) is 5.67. The Bertz CT molecular complexity index is 667. The van der Waals surface area contributed by atoms with Gasteiger partial charge in [-0.15, -0.1) is 24.0 Å². The molecule has 0 atom stereocenters. The molecule has 0 aromatic heterocycles. The number of hydrogen-bond donors (Lipinski definition) is 2. The van der Waals surface area contributed by atoms with Gasteiger partial charge in [-0.2, -0.15) is 0 Å². The Labute approximate surface area is 166 Å². The maximum Gasteiger partial charge on any atom is 0.193 e. The van der Waals surface area contributed by atoms with Crippen LogP contribution in [-0.4, -0.2) is 26.2 Å². The molecule has 0 amide bonds. The first-order chi connectivity index (χ1) is 11.6. The zero-order valence-electron chi connectivity index (χ0n) is 14.9. The fourth-order valence-corrected chi connectivity index (χ4v) is 2.38. The zero-order chi connectivity index (χ0) is 17.4. The molecule has 0 bridgehead atoms. The Morgan fingerprint density at radius 1 is 1.08 bits per heavy atom. The quantitative estimate of drug-likeness (QED) is 0.288. The molecular formula is C19H26IN3O2. The fraction of sp³-hybridized carbons (Fsp3) is 0.316. The van der Waals surface area contributed by atoms with Crippen molar-refractivity contribution in [2.45, 2.75) is 20.5 Å². The van der Waals surface area contributed by atoms with Crippen molar-refractivity contribution in [2.75, 3.05) is 25.6 Å². The molecule has 136 valence electrons. The van der Waals surface area contributed by atoms with E-state index in [1.807, 2.05) is 36.4 Å². The van der Waals surface area contributed by atoms with Gasteiger partial charge in [0, 0.05) is 5.69 Å². The highest BCUT2D eigenvalue weighted by Crippen LogP contribution is 2.13. The molecule has 0 aliphatic rings. The topological polar surface area (TPSA) is 68.9 Å². The van der Waals surface area contributed by atoms with Crippen LogP contribution in [0.25, 0.3) is 0 Å². The maximum atomic E-state index is 5.90. The number of aliphatic imine (C=N–C) groups is 1. The first-order valence-corrected chi connectivity index (χ1v) is 7.93. The minimum atomic E-state index is 0. The Balaban J connectivity index is 0.00000312. The van der Waals surface area contributed by atoms with Crippen LogP contribution >= 0.6 is 24.0 Å². The average molecular weight is 455 g/mol. The molecule has 25 heavy (non-hydrogen) atoms. The third-order valence-electron chi connectivity index (χ3n) is 3.44. The molecule has 2 rings (SSSR count). The number of nitrogens with two attached hydrogens (primary N) is 1. The van der Waals surface area contributed by atoms with Crippen molar-refractivity contribution in [1.82, 2.24) is 0 Å². The first-order valence-electron chi connectivity index (χ1n) is 7.93. The fourth-order valence-electron chi connectivity index (χ4n) is 2.38. The van der Waals surface area contributed by atoms with Gasteiger partial charge >= 0.3 is 0 Å². The summed E-state index contributed by atoms with van der Waals surface area (Å²) >= 11 is 0. The number of methoxy groups -OCH3 is 1. The predicted molar refractivity (Wildman–Crippen MR) is 114 cm³/mol. The maximum absolute atomic E-state index is 5.90. The first kappa shape index (κ1) is 21.2. The highest BCUT2D eigenvalue weighted by atomic mass is 127. The molecule has 2 aromatic rings. The highest BCUT2D eigenvalue weighted by molar-refractivity contribution is 14.0. The molecule has 0 fully saturated rings. The van der Waals surface area contributed by atoms with Crippen LogP contribution < -0.4 is 15.8 Å². The average Bonchev–Trinajstić information content (AvgIpc) is 2.54. The van der Waals surface area contributed by atoms with Crippen LogP contribution in [0.3, 0.4) is 0 Å². The van der Waals surface area contributed by atoms with E-state index in [1.54, 1.807) is 7.11 Å². The van der Waals surface area contributed by atoms with Gasteiger partial charge in [-0.1, -0.05) is 18.2 Å². The summed E-state index contributed by atoms with van der Waals surface area (Å²) in [6.45, 7) is 5.68. The number of aryl methyl sites for hydroxylation is 2. The van der Waals surface area contributed by atoms with E-state index in [9.17, 15) is 0 Å². The van der Waals surface area contributed by atoms with Gasteiger partial charge < -0.3 is 20.5 Å². The van der Waals surface area contributed by atoms with Gasteiger partial charge in [-0.25, -0.2) is 0 Å². The van der Waals surface area contributed by atoms with Crippen molar-refractivity contribution in [3.05, 3.63) is 59.2 Å². The van der Waals surface area contributed by atoms with Crippen molar-refractivity contribution in [3.63, 3.8) is 0 Å². The minimum absolute atomic E-state index is 0. The van der Waals surface area contributed by atoms with Gasteiger partial charge in [-0.3, -0.25) is 4.99 Å². The number of rotatable bonds is 7. The van der Waals surface area contributed by atoms with Crippen molar-refractivity contribution in [3.8, 4) is 5.75 Å². The molecule has 5 nitrogen and oxygen atoms in total. The van der Waals surface area contributed by atoms with E-state index in [4.69, 9.17) is 15.2 Å². The molecule has 0 aliphatic carbocycles. The van der Waals surface area contributed by atoms with Gasteiger partial charge in [-0.05, 0) is 54.8 Å². The standard InChI is InChI=1S/C19H25N3O2.HI/c1-14-10-15(2)12-17(11-14)22-19(20)21-8-9-24-13-16-4-6-18(23-3)7-5-16;/h4-7,10-12H,8-9,13H2,1-3H3,(H3,20,21,22);1H. The van der Waals surface area contributed by atoms with E-state index >= 15 is 0 Å². The smallest absolute Gasteiger partial charge is 0.193 e. The summed E-state index contributed by atoms with van der Waals surface area (Å²) in [7, 11) is 1.65. The van der Waals surface area contributed by atoms with Crippen LogP contribution in [0.2, 0.25) is 0 Å². The molecule has 0 radical (unpaired) electrons. The molecule has 0 saturated heterocycles. The highest BCUT2D eigenvalue weighted by Gasteiger charge is 1.98. The second-order valence-electron chi connectivity index (χ2n) is 5.67. The Morgan fingerprint density at radius 3 is 2.32 bits per heavy atom. The molecule has 0 spiro atoms. The van der Waals surface area contributed by atoms with Crippen molar-refractivity contribution in [1.29, 1.82) is 0 Å². The predicted octanol–water partition coefficient (Wildman–Crippen LogP) is 3.87. The number of ether oxygens (including phenoxy) is 2. The van der Waals surface area contributed by atoms with Gasteiger partial charge in [0.1, 0.15) is 5.75 Å². The van der Waals surface area contributed by atoms with Crippen LogP contribution in [0.15, 0.2) is 47.5 Å². The normalized spacial score (nSPS) is 10.9. The second kappa shape index (κ2) is 10.9. The van der Waals surface area contributed by atoms with Crippen molar-refractivity contribution in [2.24, 2.45) is 10.7 Å². The van der Waals surface area contributed by atoms with E-state index in [0.29, 0.717) is 25.7 Å². The lowest BCUT2D eigenvalue weighted by molar-refractivity contribution is 0.128. The van der Waals surface area contributed by atoms with Crippen LogP contribution in [-0.2, 0) is 11.3 Å². The summed E-state index contributed by atoms with van der Waals surface area (Å²) < 4.78 is 10.7. The third kappa shape index (κ3) is 7.74. The number of nitrogens with one attached hydrogen (secondary N) is 1. The van der Waals surface area contributed by atoms with E-state index < -0.39 is 0 Å². The zero-order valence-corrected chi connectivity index (χ0v) is 17.2. The number of nitrogens with zero attached hydrogens (tertiary/aromatic N) is 1. The van der Waals surface area contributed by atoms with E-state index in [0.717, 1.165) is 17.0 Å². The number of guanidine groups is 1.